The summed E-state index contributed by atoms with van der Waals surface area (Å²) in [5.41, 5.74) is 0.832. The Morgan fingerprint density at radius 2 is 2.26 bits per heavy atom. The fraction of sp³-hybridized carbons (Fsp3) is 0.357. The number of hydrogen-bond donors (Lipinski definition) is 1. The first kappa shape index (κ1) is 14.3. The van der Waals surface area contributed by atoms with Crippen molar-refractivity contribution in [2.45, 2.75) is 26.5 Å². The van der Waals surface area contributed by atoms with E-state index in [1.54, 1.807) is 17.4 Å². The number of nitrogens with one attached hydrogen (secondary N) is 1. The van der Waals surface area contributed by atoms with E-state index in [0.717, 1.165) is 18.7 Å². The van der Waals surface area contributed by atoms with Gasteiger partial charge in [-0.05, 0) is 30.5 Å². The van der Waals surface area contributed by atoms with Crippen LogP contribution >= 0.6 is 22.9 Å². The molecule has 0 atom stereocenters. The molecule has 1 N–H and O–H groups in total. The molecule has 2 aromatic heterocycles. The molecule has 0 saturated carbocycles. The van der Waals surface area contributed by atoms with Crippen molar-refractivity contribution in [1.82, 2.24) is 10.3 Å². The van der Waals surface area contributed by atoms with Gasteiger partial charge in [-0.3, -0.25) is 0 Å². The minimum absolute atomic E-state index is 0.550. The van der Waals surface area contributed by atoms with Crippen molar-refractivity contribution in [3.63, 3.8) is 0 Å². The molecule has 19 heavy (non-hydrogen) atoms. The summed E-state index contributed by atoms with van der Waals surface area (Å²) in [6, 6.07) is 7.70. The molecule has 0 spiro atoms. The highest BCUT2D eigenvalue weighted by atomic mass is 35.5. The number of pyridine rings is 1. The molecular weight excluding hydrogens is 280 g/mol. The summed E-state index contributed by atoms with van der Waals surface area (Å²) >= 11 is 7.79. The Kier molecular flexibility index (Phi) is 5.63. The van der Waals surface area contributed by atoms with Gasteiger partial charge in [0.1, 0.15) is 6.61 Å². The van der Waals surface area contributed by atoms with Crippen LogP contribution in [0.3, 0.4) is 0 Å². The van der Waals surface area contributed by atoms with E-state index in [0.29, 0.717) is 24.1 Å². The van der Waals surface area contributed by atoms with Gasteiger partial charge in [0, 0.05) is 17.5 Å². The van der Waals surface area contributed by atoms with E-state index in [1.165, 1.54) is 4.88 Å². The summed E-state index contributed by atoms with van der Waals surface area (Å²) in [7, 11) is 0. The smallest absolute Gasteiger partial charge is 0.213 e. The molecule has 102 valence electrons. The van der Waals surface area contributed by atoms with Crippen LogP contribution in [0, 0.1) is 0 Å². The van der Waals surface area contributed by atoms with Crippen LogP contribution in [-0.2, 0) is 13.2 Å². The summed E-state index contributed by atoms with van der Waals surface area (Å²) in [6.45, 7) is 4.30. The molecule has 0 amide bonds. The standard InChI is InChI=1S/C14H17ClN2OS/c1-2-7-16-9-13-12(15)5-6-14(17-13)18-10-11-4-3-8-19-11/h3-6,8,16H,2,7,9-10H2,1H3. The summed E-state index contributed by atoms with van der Waals surface area (Å²) in [6.07, 6.45) is 1.09. The van der Waals surface area contributed by atoms with Gasteiger partial charge >= 0.3 is 0 Å². The predicted molar refractivity (Wildman–Crippen MR) is 79.9 cm³/mol. The van der Waals surface area contributed by atoms with Gasteiger partial charge in [-0.2, -0.15) is 0 Å². The van der Waals surface area contributed by atoms with Crippen molar-refractivity contribution in [3.8, 4) is 5.88 Å². The lowest BCUT2D eigenvalue weighted by Crippen LogP contribution is -2.15. The molecule has 0 aromatic carbocycles. The Hall–Kier alpha value is -1.10. The summed E-state index contributed by atoms with van der Waals surface area (Å²) < 4.78 is 5.67. The van der Waals surface area contributed by atoms with E-state index in [-0.39, 0.29) is 0 Å². The zero-order valence-corrected chi connectivity index (χ0v) is 12.4. The van der Waals surface area contributed by atoms with Gasteiger partial charge in [0.15, 0.2) is 0 Å². The van der Waals surface area contributed by atoms with E-state index in [1.807, 2.05) is 23.6 Å². The Morgan fingerprint density at radius 1 is 1.37 bits per heavy atom. The molecule has 0 unspecified atom stereocenters. The maximum Gasteiger partial charge on any atom is 0.213 e. The molecule has 0 saturated heterocycles. The van der Waals surface area contributed by atoms with Gasteiger partial charge in [-0.25, -0.2) is 4.98 Å². The lowest BCUT2D eigenvalue weighted by Gasteiger charge is -2.08. The Balaban J connectivity index is 1.95. The van der Waals surface area contributed by atoms with Crippen LogP contribution in [0.15, 0.2) is 29.6 Å². The normalized spacial score (nSPS) is 10.6. The minimum atomic E-state index is 0.550. The summed E-state index contributed by atoms with van der Waals surface area (Å²) in [4.78, 5) is 5.61. The molecule has 3 nitrogen and oxygen atoms in total. The quantitative estimate of drug-likeness (QED) is 0.788. The van der Waals surface area contributed by atoms with Crippen molar-refractivity contribution in [3.05, 3.63) is 45.2 Å². The average Bonchev–Trinajstić information content (AvgIpc) is 2.93. The third-order valence-corrected chi connectivity index (χ3v) is 3.75. The van der Waals surface area contributed by atoms with Gasteiger partial charge in [0.2, 0.25) is 5.88 Å². The largest absolute Gasteiger partial charge is 0.472 e. The zero-order chi connectivity index (χ0) is 13.5. The van der Waals surface area contributed by atoms with Gasteiger partial charge in [-0.1, -0.05) is 24.6 Å². The van der Waals surface area contributed by atoms with Crippen molar-refractivity contribution in [2.75, 3.05) is 6.54 Å². The van der Waals surface area contributed by atoms with Crippen molar-refractivity contribution < 1.29 is 4.74 Å². The monoisotopic (exact) mass is 296 g/mol. The van der Waals surface area contributed by atoms with E-state index in [2.05, 4.69) is 17.2 Å². The molecule has 2 heterocycles. The first-order valence-electron chi connectivity index (χ1n) is 6.31. The third-order valence-electron chi connectivity index (χ3n) is 2.55. The first-order chi connectivity index (χ1) is 9.29. The van der Waals surface area contributed by atoms with Crippen molar-refractivity contribution >= 4 is 22.9 Å². The van der Waals surface area contributed by atoms with Crippen LogP contribution in [0.2, 0.25) is 5.02 Å². The number of nitrogens with zero attached hydrogens (tertiary/aromatic N) is 1. The highest BCUT2D eigenvalue weighted by Crippen LogP contribution is 2.19. The van der Waals surface area contributed by atoms with E-state index >= 15 is 0 Å². The number of rotatable bonds is 7. The molecule has 0 aliphatic rings. The maximum absolute atomic E-state index is 6.12. The molecule has 5 heteroatoms. The fourth-order valence-corrected chi connectivity index (χ4v) is 2.38. The number of ether oxygens (including phenoxy) is 1. The highest BCUT2D eigenvalue weighted by molar-refractivity contribution is 7.09. The molecular formula is C14H17ClN2OS. The number of halogens is 1. The van der Waals surface area contributed by atoms with Gasteiger partial charge in [0.25, 0.3) is 0 Å². The number of thiophene rings is 1. The first-order valence-corrected chi connectivity index (χ1v) is 7.56. The topological polar surface area (TPSA) is 34.2 Å². The minimum Gasteiger partial charge on any atom is -0.472 e. The van der Waals surface area contributed by atoms with E-state index < -0.39 is 0 Å². The average molecular weight is 297 g/mol. The van der Waals surface area contributed by atoms with Crippen molar-refractivity contribution in [1.29, 1.82) is 0 Å². The number of aromatic nitrogens is 1. The third kappa shape index (κ3) is 4.49. The van der Waals surface area contributed by atoms with E-state index in [4.69, 9.17) is 16.3 Å². The lowest BCUT2D eigenvalue weighted by atomic mass is 10.3. The molecule has 0 aliphatic carbocycles. The summed E-state index contributed by atoms with van der Waals surface area (Å²) in [5, 5.41) is 6.00. The van der Waals surface area contributed by atoms with Crippen LogP contribution in [0.4, 0.5) is 0 Å². The molecule has 0 fully saturated rings. The lowest BCUT2D eigenvalue weighted by molar-refractivity contribution is 0.296. The van der Waals surface area contributed by atoms with Gasteiger partial charge in [0.05, 0.1) is 10.7 Å². The van der Waals surface area contributed by atoms with Gasteiger partial charge < -0.3 is 10.1 Å². The molecule has 0 radical (unpaired) electrons. The molecule has 0 bridgehead atoms. The van der Waals surface area contributed by atoms with Crippen LogP contribution in [-0.4, -0.2) is 11.5 Å². The van der Waals surface area contributed by atoms with Crippen LogP contribution in [0.25, 0.3) is 0 Å². The molecule has 2 aromatic rings. The molecule has 0 aliphatic heterocycles. The second kappa shape index (κ2) is 7.48. The Morgan fingerprint density at radius 3 is 3.00 bits per heavy atom. The number of hydrogen-bond acceptors (Lipinski definition) is 4. The second-order valence-electron chi connectivity index (χ2n) is 4.12. The highest BCUT2D eigenvalue weighted by Gasteiger charge is 2.05. The van der Waals surface area contributed by atoms with Crippen LogP contribution in [0.1, 0.15) is 23.9 Å². The predicted octanol–water partition coefficient (Wildman–Crippen LogP) is 3.88. The van der Waals surface area contributed by atoms with Crippen molar-refractivity contribution in [2.24, 2.45) is 0 Å². The molecule has 2 rings (SSSR count). The van der Waals surface area contributed by atoms with Gasteiger partial charge in [-0.15, -0.1) is 11.3 Å². The zero-order valence-electron chi connectivity index (χ0n) is 10.9. The second-order valence-corrected chi connectivity index (χ2v) is 5.56. The van der Waals surface area contributed by atoms with Crippen LogP contribution < -0.4 is 10.1 Å². The SMILES string of the molecule is CCCNCc1nc(OCc2cccs2)ccc1Cl. The fourth-order valence-electron chi connectivity index (χ4n) is 1.59. The van der Waals surface area contributed by atoms with E-state index in [9.17, 15) is 0 Å². The maximum atomic E-state index is 6.12. The Labute approximate surface area is 122 Å². The van der Waals surface area contributed by atoms with Crippen LogP contribution in [0.5, 0.6) is 5.88 Å². The summed E-state index contributed by atoms with van der Waals surface area (Å²) in [5.74, 6) is 0.617. The Bertz CT molecular complexity index is 502.